The fourth-order valence-electron chi connectivity index (χ4n) is 1.46. The zero-order valence-electron chi connectivity index (χ0n) is 10.9. The van der Waals surface area contributed by atoms with E-state index in [9.17, 15) is 14.7 Å². The van der Waals surface area contributed by atoms with Crippen LogP contribution in [0, 0.1) is 0 Å². The first-order chi connectivity index (χ1) is 8.90. The van der Waals surface area contributed by atoms with Gasteiger partial charge in [0, 0.05) is 5.56 Å². The molecular weight excluding hydrogens is 246 g/mol. The molecule has 5 heteroatoms. The first-order valence-electron chi connectivity index (χ1n) is 5.85. The summed E-state index contributed by atoms with van der Waals surface area (Å²) in [5.74, 6) is -1.45. The SMILES string of the molecule is CC(C)=CCc1cc(C(=O)NCC(=O)O)ccc1O. The smallest absolute Gasteiger partial charge is 0.322 e. The highest BCUT2D eigenvalue weighted by Crippen LogP contribution is 2.20. The lowest BCUT2D eigenvalue weighted by Crippen LogP contribution is -2.29. The number of phenolic OH excluding ortho intramolecular Hbond substituents is 1. The monoisotopic (exact) mass is 263 g/mol. The number of aliphatic carboxylic acids is 1. The largest absolute Gasteiger partial charge is 0.508 e. The molecule has 19 heavy (non-hydrogen) atoms. The molecule has 1 aromatic rings. The molecule has 0 heterocycles. The predicted octanol–water partition coefficient (Wildman–Crippen LogP) is 1.72. The van der Waals surface area contributed by atoms with Crippen LogP contribution in [-0.4, -0.2) is 28.6 Å². The normalized spacial score (nSPS) is 9.79. The van der Waals surface area contributed by atoms with Crippen molar-refractivity contribution in [2.75, 3.05) is 6.54 Å². The summed E-state index contributed by atoms with van der Waals surface area (Å²) >= 11 is 0. The fraction of sp³-hybridized carbons (Fsp3) is 0.286. The van der Waals surface area contributed by atoms with E-state index in [2.05, 4.69) is 5.32 Å². The Labute approximate surface area is 111 Å². The lowest BCUT2D eigenvalue weighted by Gasteiger charge is -2.06. The number of carboxylic acids is 1. The van der Waals surface area contributed by atoms with E-state index in [0.717, 1.165) is 5.57 Å². The summed E-state index contributed by atoms with van der Waals surface area (Å²) in [6, 6.07) is 4.45. The van der Waals surface area contributed by atoms with Gasteiger partial charge < -0.3 is 15.5 Å². The summed E-state index contributed by atoms with van der Waals surface area (Å²) in [5.41, 5.74) is 2.07. The quantitative estimate of drug-likeness (QED) is 0.706. The standard InChI is InChI=1S/C14H17NO4/c1-9(2)3-4-10-7-11(5-6-12(10)16)14(19)15-8-13(17)18/h3,5-7,16H,4,8H2,1-2H3,(H,15,19)(H,17,18). The second-order valence-corrected chi connectivity index (χ2v) is 4.41. The molecule has 102 valence electrons. The van der Waals surface area contributed by atoms with Crippen molar-refractivity contribution in [1.29, 1.82) is 0 Å². The van der Waals surface area contributed by atoms with Gasteiger partial charge in [-0.1, -0.05) is 11.6 Å². The Kier molecular flexibility index (Phi) is 5.11. The van der Waals surface area contributed by atoms with E-state index < -0.39 is 18.4 Å². The van der Waals surface area contributed by atoms with E-state index in [1.54, 1.807) is 6.07 Å². The number of benzene rings is 1. The molecule has 0 atom stereocenters. The molecule has 1 amide bonds. The Bertz CT molecular complexity index is 516. The lowest BCUT2D eigenvalue weighted by molar-refractivity contribution is -0.135. The first kappa shape index (κ1) is 14.8. The number of aromatic hydroxyl groups is 1. The molecule has 0 bridgehead atoms. The summed E-state index contributed by atoms with van der Waals surface area (Å²) < 4.78 is 0. The van der Waals surface area contributed by atoms with Gasteiger partial charge in [0.25, 0.3) is 5.91 Å². The zero-order chi connectivity index (χ0) is 14.4. The van der Waals surface area contributed by atoms with Gasteiger partial charge in [-0.3, -0.25) is 9.59 Å². The van der Waals surface area contributed by atoms with Crippen molar-refractivity contribution in [2.45, 2.75) is 20.3 Å². The Morgan fingerprint density at radius 3 is 2.58 bits per heavy atom. The first-order valence-corrected chi connectivity index (χ1v) is 5.85. The second kappa shape index (κ2) is 6.58. The molecule has 1 aromatic carbocycles. The number of carbonyl (C=O) groups excluding carboxylic acids is 1. The molecular formula is C14H17NO4. The van der Waals surface area contributed by atoms with E-state index >= 15 is 0 Å². The summed E-state index contributed by atoms with van der Waals surface area (Å²) in [6.45, 7) is 3.46. The number of carboxylic acid groups (broad SMARTS) is 1. The Balaban J connectivity index is 2.86. The van der Waals surface area contributed by atoms with Crippen molar-refractivity contribution in [1.82, 2.24) is 5.32 Å². The van der Waals surface area contributed by atoms with Crippen molar-refractivity contribution in [3.8, 4) is 5.75 Å². The van der Waals surface area contributed by atoms with Gasteiger partial charge in [-0.25, -0.2) is 0 Å². The third kappa shape index (κ3) is 4.83. The Hall–Kier alpha value is -2.30. The van der Waals surface area contributed by atoms with Gasteiger partial charge in [0.05, 0.1) is 0 Å². The van der Waals surface area contributed by atoms with Crippen LogP contribution in [0.2, 0.25) is 0 Å². The minimum atomic E-state index is -1.10. The fourth-order valence-corrected chi connectivity index (χ4v) is 1.46. The van der Waals surface area contributed by atoms with Crippen LogP contribution in [0.4, 0.5) is 0 Å². The lowest BCUT2D eigenvalue weighted by atomic mass is 10.0. The molecule has 0 radical (unpaired) electrons. The molecule has 0 aliphatic heterocycles. The van der Waals surface area contributed by atoms with Crippen LogP contribution in [0.1, 0.15) is 29.8 Å². The van der Waals surface area contributed by atoms with Crippen molar-refractivity contribution in [3.05, 3.63) is 41.0 Å². The van der Waals surface area contributed by atoms with Crippen LogP contribution >= 0.6 is 0 Å². The average molecular weight is 263 g/mol. The molecule has 5 nitrogen and oxygen atoms in total. The number of allylic oxidation sites excluding steroid dienone is 2. The van der Waals surface area contributed by atoms with Gasteiger partial charge >= 0.3 is 5.97 Å². The van der Waals surface area contributed by atoms with Crippen molar-refractivity contribution < 1.29 is 19.8 Å². The van der Waals surface area contributed by atoms with Crippen LogP contribution in [0.25, 0.3) is 0 Å². The molecule has 0 unspecified atom stereocenters. The number of carbonyl (C=O) groups is 2. The van der Waals surface area contributed by atoms with Gasteiger partial charge in [0.1, 0.15) is 12.3 Å². The second-order valence-electron chi connectivity index (χ2n) is 4.41. The molecule has 0 spiro atoms. The number of phenols is 1. The zero-order valence-corrected chi connectivity index (χ0v) is 10.9. The molecule has 0 aliphatic rings. The number of nitrogens with one attached hydrogen (secondary N) is 1. The third-order valence-electron chi connectivity index (χ3n) is 2.47. The maximum absolute atomic E-state index is 11.7. The number of hydrogen-bond donors (Lipinski definition) is 3. The molecule has 0 aromatic heterocycles. The summed E-state index contributed by atoms with van der Waals surface area (Å²) in [5, 5.41) is 20.5. The summed E-state index contributed by atoms with van der Waals surface area (Å²) in [4.78, 5) is 22.1. The molecule has 0 saturated carbocycles. The van der Waals surface area contributed by atoms with Crippen LogP contribution in [-0.2, 0) is 11.2 Å². The summed E-state index contributed by atoms with van der Waals surface area (Å²) in [6.07, 6.45) is 2.46. The number of rotatable bonds is 5. The summed E-state index contributed by atoms with van der Waals surface area (Å²) in [7, 11) is 0. The topological polar surface area (TPSA) is 86.6 Å². The molecule has 0 saturated heterocycles. The van der Waals surface area contributed by atoms with Gasteiger partial charge in [-0.15, -0.1) is 0 Å². The van der Waals surface area contributed by atoms with E-state index in [-0.39, 0.29) is 5.75 Å². The Morgan fingerprint density at radius 2 is 2.00 bits per heavy atom. The highest BCUT2D eigenvalue weighted by molar-refractivity contribution is 5.96. The number of hydrogen-bond acceptors (Lipinski definition) is 3. The average Bonchev–Trinajstić information content (AvgIpc) is 2.34. The predicted molar refractivity (Wildman–Crippen MR) is 71.2 cm³/mol. The maximum Gasteiger partial charge on any atom is 0.322 e. The Morgan fingerprint density at radius 1 is 1.32 bits per heavy atom. The van der Waals surface area contributed by atoms with E-state index in [1.807, 2.05) is 19.9 Å². The van der Waals surface area contributed by atoms with E-state index in [4.69, 9.17) is 5.11 Å². The molecule has 0 fully saturated rings. The van der Waals surface area contributed by atoms with Crippen molar-refractivity contribution in [2.24, 2.45) is 0 Å². The molecule has 1 rings (SSSR count). The minimum Gasteiger partial charge on any atom is -0.508 e. The van der Waals surface area contributed by atoms with E-state index in [0.29, 0.717) is 17.5 Å². The highest BCUT2D eigenvalue weighted by atomic mass is 16.4. The molecule has 3 N–H and O–H groups in total. The number of amides is 1. The maximum atomic E-state index is 11.7. The van der Waals surface area contributed by atoms with Crippen LogP contribution in [0.5, 0.6) is 5.75 Å². The van der Waals surface area contributed by atoms with Crippen molar-refractivity contribution >= 4 is 11.9 Å². The highest BCUT2D eigenvalue weighted by Gasteiger charge is 2.09. The van der Waals surface area contributed by atoms with Gasteiger partial charge in [0.2, 0.25) is 0 Å². The molecule has 0 aliphatic carbocycles. The van der Waals surface area contributed by atoms with Crippen LogP contribution < -0.4 is 5.32 Å². The van der Waals surface area contributed by atoms with Gasteiger partial charge in [-0.2, -0.15) is 0 Å². The van der Waals surface area contributed by atoms with E-state index in [1.165, 1.54) is 12.1 Å². The van der Waals surface area contributed by atoms with Gasteiger partial charge in [-0.05, 0) is 44.0 Å². The third-order valence-corrected chi connectivity index (χ3v) is 2.47. The van der Waals surface area contributed by atoms with Crippen LogP contribution in [0.3, 0.4) is 0 Å². The van der Waals surface area contributed by atoms with Crippen LogP contribution in [0.15, 0.2) is 29.8 Å². The van der Waals surface area contributed by atoms with Crippen molar-refractivity contribution in [3.63, 3.8) is 0 Å². The van der Waals surface area contributed by atoms with Gasteiger partial charge in [0.15, 0.2) is 0 Å². The minimum absolute atomic E-state index is 0.118.